The minimum Gasteiger partial charge on any atom is -0.393 e. The third-order valence-corrected chi connectivity index (χ3v) is 3.23. The highest BCUT2D eigenvalue weighted by atomic mass is 16.3. The van der Waals surface area contributed by atoms with Crippen molar-refractivity contribution < 1.29 is 5.11 Å². The minimum absolute atomic E-state index is 0.143. The molecule has 0 saturated carbocycles. The van der Waals surface area contributed by atoms with Crippen molar-refractivity contribution in [3.63, 3.8) is 0 Å². The molecule has 1 aromatic rings. The second kappa shape index (κ2) is 7.91. The molecular formula is C18H27NO. The van der Waals surface area contributed by atoms with Gasteiger partial charge in [-0.1, -0.05) is 42.0 Å². The lowest BCUT2D eigenvalue weighted by atomic mass is 9.92. The molecule has 1 aromatic carbocycles. The number of nitrogens with one attached hydrogen (secondary N) is 1. The van der Waals surface area contributed by atoms with E-state index < -0.39 is 0 Å². The fourth-order valence-corrected chi connectivity index (χ4v) is 2.39. The van der Waals surface area contributed by atoms with E-state index in [1.807, 2.05) is 50.3 Å². The summed E-state index contributed by atoms with van der Waals surface area (Å²) in [5.41, 5.74) is 2.12. The summed E-state index contributed by atoms with van der Waals surface area (Å²) in [4.78, 5) is 0. The second-order valence-electron chi connectivity index (χ2n) is 5.80. The highest BCUT2D eigenvalue weighted by Crippen LogP contribution is 2.22. The Bertz CT molecular complexity index is 446. The predicted molar refractivity (Wildman–Crippen MR) is 88.0 cm³/mol. The molecule has 1 rings (SSSR count). The molecule has 110 valence electrons. The van der Waals surface area contributed by atoms with E-state index in [1.54, 1.807) is 0 Å². The highest BCUT2D eigenvalue weighted by molar-refractivity contribution is 5.44. The van der Waals surface area contributed by atoms with Crippen molar-refractivity contribution in [3.8, 4) is 0 Å². The van der Waals surface area contributed by atoms with Gasteiger partial charge in [0.2, 0.25) is 0 Å². The van der Waals surface area contributed by atoms with Crippen LogP contribution in [0.4, 0.5) is 5.69 Å². The van der Waals surface area contributed by atoms with Gasteiger partial charge in [0.05, 0.1) is 6.10 Å². The molecule has 2 heteroatoms. The molecule has 0 heterocycles. The van der Waals surface area contributed by atoms with Crippen molar-refractivity contribution in [2.24, 2.45) is 0 Å². The zero-order valence-corrected chi connectivity index (χ0v) is 13.1. The van der Waals surface area contributed by atoms with Crippen molar-refractivity contribution in [2.75, 3.05) is 5.32 Å². The van der Waals surface area contributed by atoms with Gasteiger partial charge in [0.1, 0.15) is 0 Å². The van der Waals surface area contributed by atoms with Gasteiger partial charge >= 0.3 is 0 Å². The third-order valence-electron chi connectivity index (χ3n) is 3.23. The number of aliphatic hydroxyl groups excluding tert-OH is 1. The van der Waals surface area contributed by atoms with E-state index >= 15 is 0 Å². The molecular weight excluding hydrogens is 246 g/mol. The van der Waals surface area contributed by atoms with Gasteiger partial charge in [-0.3, -0.25) is 0 Å². The number of rotatable bonds is 7. The van der Waals surface area contributed by atoms with Gasteiger partial charge in [0, 0.05) is 11.2 Å². The second-order valence-corrected chi connectivity index (χ2v) is 5.80. The molecule has 2 N–H and O–H groups in total. The van der Waals surface area contributed by atoms with Crippen LogP contribution in [0.5, 0.6) is 0 Å². The van der Waals surface area contributed by atoms with Gasteiger partial charge in [0.25, 0.3) is 0 Å². The van der Waals surface area contributed by atoms with Gasteiger partial charge in [0.15, 0.2) is 0 Å². The summed E-state index contributed by atoms with van der Waals surface area (Å²) in [6, 6.07) is 10.1. The van der Waals surface area contributed by atoms with E-state index in [0.717, 1.165) is 5.69 Å². The van der Waals surface area contributed by atoms with E-state index in [2.05, 4.69) is 31.3 Å². The van der Waals surface area contributed by atoms with Gasteiger partial charge in [-0.2, -0.15) is 0 Å². The van der Waals surface area contributed by atoms with E-state index in [4.69, 9.17) is 0 Å². The SMILES string of the molecule is C/C=C\C(=C/C)CC(O)CC(C)(C)Nc1ccccc1. The Kier molecular flexibility index (Phi) is 6.53. The van der Waals surface area contributed by atoms with E-state index in [9.17, 15) is 5.11 Å². The maximum Gasteiger partial charge on any atom is 0.0602 e. The summed E-state index contributed by atoms with van der Waals surface area (Å²) in [6.07, 6.45) is 7.18. The average Bonchev–Trinajstić information content (AvgIpc) is 2.38. The first-order valence-electron chi connectivity index (χ1n) is 7.26. The van der Waals surface area contributed by atoms with Crippen LogP contribution in [0.2, 0.25) is 0 Å². The summed E-state index contributed by atoms with van der Waals surface area (Å²) in [5.74, 6) is 0. The summed E-state index contributed by atoms with van der Waals surface area (Å²) < 4.78 is 0. The number of anilines is 1. The van der Waals surface area contributed by atoms with Gasteiger partial charge in [-0.25, -0.2) is 0 Å². The number of benzene rings is 1. The fourth-order valence-electron chi connectivity index (χ4n) is 2.39. The first-order valence-corrected chi connectivity index (χ1v) is 7.26. The Hall–Kier alpha value is -1.54. The molecule has 2 nitrogen and oxygen atoms in total. The monoisotopic (exact) mass is 273 g/mol. The largest absolute Gasteiger partial charge is 0.393 e. The fraction of sp³-hybridized carbons (Fsp3) is 0.444. The van der Waals surface area contributed by atoms with Crippen LogP contribution in [-0.4, -0.2) is 16.7 Å². The first-order chi connectivity index (χ1) is 9.46. The molecule has 0 aliphatic heterocycles. The molecule has 1 atom stereocenters. The zero-order valence-electron chi connectivity index (χ0n) is 13.1. The molecule has 0 radical (unpaired) electrons. The number of hydrogen-bond acceptors (Lipinski definition) is 2. The van der Waals surface area contributed by atoms with E-state index in [1.165, 1.54) is 5.57 Å². The molecule has 0 spiro atoms. The van der Waals surface area contributed by atoms with Gasteiger partial charge in [-0.05, 0) is 52.7 Å². The average molecular weight is 273 g/mol. The van der Waals surface area contributed by atoms with Crippen molar-refractivity contribution in [1.82, 2.24) is 0 Å². The van der Waals surface area contributed by atoms with Crippen molar-refractivity contribution in [2.45, 2.75) is 52.2 Å². The molecule has 0 aliphatic rings. The van der Waals surface area contributed by atoms with Crippen LogP contribution in [0.15, 0.2) is 54.1 Å². The Balaban J connectivity index is 2.57. The van der Waals surface area contributed by atoms with Crippen LogP contribution in [0.25, 0.3) is 0 Å². The molecule has 0 amide bonds. The lowest BCUT2D eigenvalue weighted by molar-refractivity contribution is 0.145. The van der Waals surface area contributed by atoms with Crippen LogP contribution >= 0.6 is 0 Å². The standard InChI is InChI=1S/C18H27NO/c1-5-10-15(6-2)13-17(20)14-18(3,4)19-16-11-8-7-9-12-16/h5-12,17,19-20H,13-14H2,1-4H3/b10-5-,15-6+. The Labute approximate surface area is 123 Å². The Morgan fingerprint density at radius 1 is 1.25 bits per heavy atom. The van der Waals surface area contributed by atoms with Crippen molar-refractivity contribution in [3.05, 3.63) is 54.1 Å². The van der Waals surface area contributed by atoms with Crippen LogP contribution in [0.1, 0.15) is 40.5 Å². The summed E-state index contributed by atoms with van der Waals surface area (Å²) in [5, 5.41) is 13.8. The summed E-state index contributed by atoms with van der Waals surface area (Å²) in [6.45, 7) is 8.24. The van der Waals surface area contributed by atoms with Crippen LogP contribution < -0.4 is 5.32 Å². The van der Waals surface area contributed by atoms with Gasteiger partial charge in [-0.15, -0.1) is 0 Å². The number of para-hydroxylation sites is 1. The van der Waals surface area contributed by atoms with E-state index in [0.29, 0.717) is 12.8 Å². The highest BCUT2D eigenvalue weighted by Gasteiger charge is 2.22. The lowest BCUT2D eigenvalue weighted by Gasteiger charge is -2.30. The zero-order chi connectivity index (χ0) is 15.0. The van der Waals surface area contributed by atoms with Crippen LogP contribution in [0, 0.1) is 0 Å². The molecule has 0 aromatic heterocycles. The smallest absolute Gasteiger partial charge is 0.0602 e. The minimum atomic E-state index is -0.344. The maximum atomic E-state index is 10.3. The number of aliphatic hydroxyl groups is 1. The first kappa shape index (κ1) is 16.5. The van der Waals surface area contributed by atoms with Gasteiger partial charge < -0.3 is 10.4 Å². The molecule has 0 bridgehead atoms. The summed E-state index contributed by atoms with van der Waals surface area (Å²) in [7, 11) is 0. The summed E-state index contributed by atoms with van der Waals surface area (Å²) >= 11 is 0. The lowest BCUT2D eigenvalue weighted by Crippen LogP contribution is -2.35. The van der Waals surface area contributed by atoms with Crippen LogP contribution in [-0.2, 0) is 0 Å². The normalized spacial score (nSPS) is 14.6. The molecule has 0 saturated heterocycles. The van der Waals surface area contributed by atoms with E-state index in [-0.39, 0.29) is 11.6 Å². The molecule has 0 fully saturated rings. The Morgan fingerprint density at radius 3 is 2.45 bits per heavy atom. The Morgan fingerprint density at radius 2 is 1.90 bits per heavy atom. The van der Waals surface area contributed by atoms with Crippen molar-refractivity contribution in [1.29, 1.82) is 0 Å². The molecule has 1 unspecified atom stereocenters. The van der Waals surface area contributed by atoms with Crippen molar-refractivity contribution >= 4 is 5.69 Å². The van der Waals surface area contributed by atoms with Crippen LogP contribution in [0.3, 0.4) is 0 Å². The maximum absolute atomic E-state index is 10.3. The number of hydrogen-bond donors (Lipinski definition) is 2. The molecule has 0 aliphatic carbocycles. The molecule has 20 heavy (non-hydrogen) atoms. The third kappa shape index (κ3) is 6.07. The predicted octanol–water partition coefficient (Wildman–Crippen LogP) is 4.54. The topological polar surface area (TPSA) is 32.3 Å². The number of allylic oxidation sites excluding steroid dienone is 3. The quantitative estimate of drug-likeness (QED) is 0.715.